The van der Waals surface area contributed by atoms with Crippen LogP contribution in [0.4, 0.5) is 8.78 Å². The Labute approximate surface area is 157 Å². The number of nitrogens with one attached hydrogen (secondary N) is 2. The summed E-state index contributed by atoms with van der Waals surface area (Å²) in [7, 11) is 3.53. The Kier molecular flexibility index (Phi) is 7.55. The molecule has 146 valence electrons. The zero-order valence-electron chi connectivity index (χ0n) is 15.7. The van der Waals surface area contributed by atoms with Gasteiger partial charge in [0.1, 0.15) is 18.0 Å². The molecule has 1 unspecified atom stereocenters. The fourth-order valence-corrected chi connectivity index (χ4v) is 2.57. The number of likely N-dealkylation sites (N-methyl/N-ethyl adjacent to an activating group) is 1. The number of hydrogen-bond donors (Lipinski definition) is 2. The van der Waals surface area contributed by atoms with Crippen molar-refractivity contribution in [3.8, 4) is 11.5 Å². The van der Waals surface area contributed by atoms with Crippen molar-refractivity contribution in [2.24, 2.45) is 0 Å². The summed E-state index contributed by atoms with van der Waals surface area (Å²) in [6.07, 6.45) is 0. The van der Waals surface area contributed by atoms with Gasteiger partial charge in [0, 0.05) is 12.1 Å². The maximum atomic E-state index is 12.4. The third-order valence-corrected chi connectivity index (χ3v) is 4.39. The number of amides is 1. The van der Waals surface area contributed by atoms with Gasteiger partial charge in [-0.3, -0.25) is 4.79 Å². The lowest BCUT2D eigenvalue weighted by Crippen LogP contribution is -3.12. The molecule has 7 heteroatoms. The number of rotatable bonds is 9. The largest absolute Gasteiger partial charge is 0.497 e. The van der Waals surface area contributed by atoms with E-state index in [9.17, 15) is 13.6 Å². The van der Waals surface area contributed by atoms with Crippen LogP contribution in [0.2, 0.25) is 0 Å². The number of hydrogen-bond acceptors (Lipinski definition) is 3. The van der Waals surface area contributed by atoms with E-state index in [0.29, 0.717) is 13.1 Å². The second-order valence-electron chi connectivity index (χ2n) is 6.33. The van der Waals surface area contributed by atoms with E-state index in [0.717, 1.165) is 21.8 Å². The van der Waals surface area contributed by atoms with Crippen molar-refractivity contribution < 1.29 is 27.9 Å². The van der Waals surface area contributed by atoms with Crippen LogP contribution in [-0.4, -0.2) is 32.7 Å². The van der Waals surface area contributed by atoms with Crippen LogP contribution in [0.3, 0.4) is 0 Å². The minimum Gasteiger partial charge on any atom is -0.497 e. The van der Waals surface area contributed by atoms with Gasteiger partial charge in [0.15, 0.2) is 6.04 Å². The normalized spacial score (nSPS) is 13.1. The molecular formula is C20H25F2N2O3+. The molecule has 2 N–H and O–H groups in total. The molecule has 2 atom stereocenters. The first-order valence-electron chi connectivity index (χ1n) is 8.65. The van der Waals surface area contributed by atoms with E-state index < -0.39 is 6.61 Å². The van der Waals surface area contributed by atoms with Gasteiger partial charge in [-0.15, -0.1) is 0 Å². The average Bonchev–Trinajstić information content (AvgIpc) is 2.67. The molecular weight excluding hydrogens is 354 g/mol. The van der Waals surface area contributed by atoms with Gasteiger partial charge >= 0.3 is 6.61 Å². The number of halogens is 2. The third kappa shape index (κ3) is 6.53. The van der Waals surface area contributed by atoms with Crippen LogP contribution >= 0.6 is 0 Å². The molecule has 2 rings (SSSR count). The second-order valence-corrected chi connectivity index (χ2v) is 6.33. The Morgan fingerprint density at radius 3 is 2.15 bits per heavy atom. The van der Waals surface area contributed by atoms with E-state index in [1.54, 1.807) is 19.2 Å². The minimum absolute atomic E-state index is 0.0547. The summed E-state index contributed by atoms with van der Waals surface area (Å²) in [6.45, 7) is 0.0534. The molecule has 5 nitrogen and oxygen atoms in total. The average molecular weight is 379 g/mol. The Balaban J connectivity index is 1.83. The van der Waals surface area contributed by atoms with Crippen LogP contribution in [0, 0.1) is 0 Å². The molecule has 0 aromatic heterocycles. The summed E-state index contributed by atoms with van der Waals surface area (Å²) >= 11 is 0. The Morgan fingerprint density at radius 1 is 1.04 bits per heavy atom. The van der Waals surface area contributed by atoms with Crippen LogP contribution in [0.25, 0.3) is 0 Å². The van der Waals surface area contributed by atoms with Gasteiger partial charge in [-0.2, -0.15) is 8.78 Å². The van der Waals surface area contributed by atoms with E-state index in [1.807, 2.05) is 38.2 Å². The van der Waals surface area contributed by atoms with Crippen molar-refractivity contribution in [2.75, 3.05) is 14.2 Å². The molecule has 0 saturated carbocycles. The zero-order chi connectivity index (χ0) is 19.8. The highest BCUT2D eigenvalue weighted by Gasteiger charge is 2.21. The van der Waals surface area contributed by atoms with Crippen LogP contribution in [0.5, 0.6) is 11.5 Å². The smallest absolute Gasteiger partial charge is 0.387 e. The number of alkyl halides is 2. The highest BCUT2D eigenvalue weighted by atomic mass is 19.3. The Morgan fingerprint density at radius 2 is 1.59 bits per heavy atom. The van der Waals surface area contributed by atoms with Gasteiger partial charge in [0.05, 0.1) is 14.2 Å². The first-order valence-corrected chi connectivity index (χ1v) is 8.65. The molecule has 0 radical (unpaired) electrons. The molecule has 1 amide bonds. The third-order valence-electron chi connectivity index (χ3n) is 4.39. The molecule has 0 bridgehead atoms. The van der Waals surface area contributed by atoms with Crippen LogP contribution in [0.1, 0.15) is 18.1 Å². The Hall–Kier alpha value is -2.67. The molecule has 27 heavy (non-hydrogen) atoms. The van der Waals surface area contributed by atoms with E-state index in [1.165, 1.54) is 12.1 Å². The van der Waals surface area contributed by atoms with E-state index in [-0.39, 0.29) is 17.7 Å². The molecule has 2 aromatic carbocycles. The Bertz CT molecular complexity index is 721. The monoisotopic (exact) mass is 379 g/mol. The van der Waals surface area contributed by atoms with Crippen LogP contribution in [-0.2, 0) is 17.9 Å². The lowest BCUT2D eigenvalue weighted by molar-refractivity contribution is -0.908. The first kappa shape index (κ1) is 20.6. The summed E-state index contributed by atoms with van der Waals surface area (Å²) in [5.41, 5.74) is 1.92. The molecule has 0 saturated heterocycles. The van der Waals surface area contributed by atoms with Crippen molar-refractivity contribution in [1.82, 2.24) is 5.32 Å². The molecule has 0 aliphatic heterocycles. The van der Waals surface area contributed by atoms with Gasteiger partial charge in [0.25, 0.3) is 5.91 Å². The topological polar surface area (TPSA) is 52.0 Å². The van der Waals surface area contributed by atoms with Gasteiger partial charge in [0.2, 0.25) is 0 Å². The lowest BCUT2D eigenvalue weighted by atomic mass is 10.1. The second kappa shape index (κ2) is 9.87. The van der Waals surface area contributed by atoms with Crippen molar-refractivity contribution in [3.63, 3.8) is 0 Å². The molecule has 0 spiro atoms. The number of quaternary nitrogens is 1. The summed E-state index contributed by atoms with van der Waals surface area (Å²) in [5.74, 6) is 0.838. The van der Waals surface area contributed by atoms with Crippen molar-refractivity contribution in [1.29, 1.82) is 0 Å². The molecule has 0 heterocycles. The van der Waals surface area contributed by atoms with Gasteiger partial charge in [-0.1, -0.05) is 12.1 Å². The summed E-state index contributed by atoms with van der Waals surface area (Å²) < 4.78 is 33.8. The number of carbonyl (C=O) groups is 1. The zero-order valence-corrected chi connectivity index (χ0v) is 15.7. The van der Waals surface area contributed by atoms with Gasteiger partial charge in [-0.25, -0.2) is 0 Å². The highest BCUT2D eigenvalue weighted by molar-refractivity contribution is 5.79. The number of ether oxygens (including phenoxy) is 2. The van der Waals surface area contributed by atoms with E-state index >= 15 is 0 Å². The highest BCUT2D eigenvalue weighted by Crippen LogP contribution is 2.14. The van der Waals surface area contributed by atoms with E-state index in [4.69, 9.17) is 4.74 Å². The number of benzene rings is 2. The molecule has 0 aliphatic carbocycles. The summed E-state index contributed by atoms with van der Waals surface area (Å²) in [4.78, 5) is 13.4. The SMILES string of the molecule is COc1ccc(CNC(=O)[C@@H](C)[NH+](C)Cc2ccc(OC(F)F)cc2)cc1. The predicted molar refractivity (Wildman–Crippen MR) is 98.0 cm³/mol. The maximum Gasteiger partial charge on any atom is 0.387 e. The quantitative estimate of drug-likeness (QED) is 0.701. The van der Waals surface area contributed by atoms with Gasteiger partial charge < -0.3 is 19.7 Å². The standard InChI is InChI=1S/C20H24F2N2O3/c1-14(19(25)23-12-15-4-8-17(26-3)9-5-15)24(2)13-16-6-10-18(11-7-16)27-20(21)22/h4-11,14,20H,12-13H2,1-3H3,(H,23,25)/p+1/t14-/m1/s1. The first-order chi connectivity index (χ1) is 12.9. The summed E-state index contributed by atoms with van der Waals surface area (Å²) in [6, 6.07) is 13.7. The fraction of sp³-hybridized carbons (Fsp3) is 0.350. The number of carbonyl (C=O) groups excluding carboxylic acids is 1. The molecule has 0 fully saturated rings. The molecule has 0 aliphatic rings. The van der Waals surface area contributed by atoms with Crippen molar-refractivity contribution >= 4 is 5.91 Å². The van der Waals surface area contributed by atoms with Crippen LogP contribution in [0.15, 0.2) is 48.5 Å². The molecule has 2 aromatic rings. The fourth-order valence-electron chi connectivity index (χ4n) is 2.57. The number of methoxy groups -OCH3 is 1. The van der Waals surface area contributed by atoms with E-state index in [2.05, 4.69) is 10.1 Å². The van der Waals surface area contributed by atoms with Crippen molar-refractivity contribution in [2.45, 2.75) is 32.7 Å². The maximum absolute atomic E-state index is 12.4. The predicted octanol–water partition coefficient (Wildman–Crippen LogP) is 2.02. The lowest BCUT2D eigenvalue weighted by Gasteiger charge is -2.21. The van der Waals surface area contributed by atoms with Gasteiger partial charge in [-0.05, 0) is 48.9 Å². The summed E-state index contributed by atoms with van der Waals surface area (Å²) in [5, 5.41) is 2.93. The van der Waals surface area contributed by atoms with Crippen molar-refractivity contribution in [3.05, 3.63) is 59.7 Å². The van der Waals surface area contributed by atoms with Crippen LogP contribution < -0.4 is 19.7 Å². The minimum atomic E-state index is -2.83.